The molecule has 10 aromatic carbocycles. The van der Waals surface area contributed by atoms with Gasteiger partial charge < -0.3 is 39.8 Å². The van der Waals surface area contributed by atoms with Gasteiger partial charge in [-0.15, -0.1) is 91.8 Å². The van der Waals surface area contributed by atoms with Crippen LogP contribution in [0.25, 0.3) is 206 Å². The zero-order chi connectivity index (χ0) is 89.8. The molecule has 129 heavy (non-hydrogen) atoms. The van der Waals surface area contributed by atoms with Gasteiger partial charge in [-0.2, -0.15) is 0 Å². The molecule has 0 aliphatic rings. The number of hydrogen-bond acceptors (Lipinski definition) is 27. The molecule has 0 saturated carbocycles. The second-order valence-corrected chi connectivity index (χ2v) is 38.4. The van der Waals surface area contributed by atoms with Crippen LogP contribution in [0, 0.1) is 0 Å². The molecule has 9 aromatic heterocycles. The fraction of sp³-hybridized carbons (Fsp3) is 0.235. The predicted molar refractivity (Wildman–Crippen MR) is 487 cm³/mol. The average Bonchev–Trinajstić information content (AvgIpc) is 1.52. The van der Waals surface area contributed by atoms with Gasteiger partial charge in [0.25, 0.3) is 0 Å². The fourth-order valence-corrected chi connectivity index (χ4v) is 14.8. The molecule has 0 saturated heterocycles. The molecule has 27 heteroatoms. The first kappa shape index (κ1) is 83.0. The topological polar surface area (TPSA) is 350 Å². The molecule has 0 unspecified atom stereocenters. The summed E-state index contributed by atoms with van der Waals surface area (Å²) in [7, 11) is 0. The molecule has 0 aliphatic heterocycles. The van der Waals surface area contributed by atoms with Crippen LogP contribution in [0.15, 0.2) is 258 Å². The second-order valence-electron chi connectivity index (χ2n) is 38.4. The molecule has 0 aliphatic carbocycles. The van der Waals surface area contributed by atoms with Crippen molar-refractivity contribution in [1.82, 2.24) is 91.8 Å². The largest absolute Gasteiger partial charge is 0.416 e. The minimum Gasteiger partial charge on any atom is -0.416 e. The van der Waals surface area contributed by atoms with Crippen LogP contribution in [-0.4, -0.2) is 91.8 Å². The molecule has 0 atom stereocenters. The van der Waals surface area contributed by atoms with Gasteiger partial charge in [0.1, 0.15) is 0 Å². The van der Waals surface area contributed by atoms with Crippen molar-refractivity contribution in [2.45, 2.75) is 157 Å². The van der Waals surface area contributed by atoms with Crippen LogP contribution in [-0.2, 0) is 32.5 Å². The van der Waals surface area contributed by atoms with Gasteiger partial charge in [0.05, 0.1) is 0 Å². The minimum absolute atomic E-state index is 0.0491. The molecule has 27 nitrogen and oxygen atoms in total. The van der Waals surface area contributed by atoms with Gasteiger partial charge >= 0.3 is 0 Å². The molecule has 19 aromatic rings. The molecule has 0 radical (unpaired) electrons. The standard InChI is InChI=1S/C102H90N18O9/c1-97(2,3)73-31-19-55(20-32-73)79-103-109-85(121-79)61-43-62(86-110-104-80(122-86)56-21-33-74(34-22-56)98(4,5)6)47-67(46-61)91-115-118-94(127-91)70-52-71(95-119-116-92(128-95)68-48-63(87-111-105-81(123-87)57-23-35-75(36-24-57)99(7,8)9)44-64(49-68)88-112-106-82(124-88)58-25-37-76(38-26-58)100(10,11)12)54-72(53-70)96-120-117-93(129-96)69-50-65(89-113-107-83(125-89)59-27-39-77(40-28-59)101(13,14)15)45-66(51-69)90-114-108-84(126-90)60-29-41-78(42-30-60)102(16,17)18/h19-54H,1-18H3. The first-order valence-electron chi connectivity index (χ1n) is 42.4. The van der Waals surface area contributed by atoms with Crippen molar-refractivity contribution < 1.29 is 39.8 Å². The summed E-state index contributed by atoms with van der Waals surface area (Å²) in [4.78, 5) is 0. The van der Waals surface area contributed by atoms with Crippen molar-refractivity contribution in [3.63, 3.8) is 0 Å². The molecule has 0 N–H and O–H groups in total. The van der Waals surface area contributed by atoms with E-state index in [2.05, 4.69) is 259 Å². The Hall–Kier alpha value is -15.5. The van der Waals surface area contributed by atoms with Crippen molar-refractivity contribution in [1.29, 1.82) is 0 Å². The number of nitrogens with zero attached hydrogens (tertiary/aromatic N) is 18. The summed E-state index contributed by atoms with van der Waals surface area (Å²) in [6.45, 7) is 38.9. The smallest absolute Gasteiger partial charge is 0.248 e. The summed E-state index contributed by atoms with van der Waals surface area (Å²) in [5.74, 6) is 3.41. The highest BCUT2D eigenvalue weighted by Gasteiger charge is 2.30. The Morgan fingerprint density at radius 1 is 0.116 bits per heavy atom. The van der Waals surface area contributed by atoms with E-state index in [1.54, 1.807) is 18.2 Å². The van der Waals surface area contributed by atoms with Gasteiger partial charge in [0.15, 0.2) is 0 Å². The first-order chi connectivity index (χ1) is 61.5. The third kappa shape index (κ3) is 17.3. The van der Waals surface area contributed by atoms with Crippen LogP contribution in [0.4, 0.5) is 0 Å². The van der Waals surface area contributed by atoms with E-state index in [1.807, 2.05) is 127 Å². The van der Waals surface area contributed by atoms with E-state index in [9.17, 15) is 0 Å². The lowest BCUT2D eigenvalue weighted by molar-refractivity contribution is 0.578. The van der Waals surface area contributed by atoms with Crippen molar-refractivity contribution in [3.05, 3.63) is 252 Å². The van der Waals surface area contributed by atoms with Gasteiger partial charge in [-0.1, -0.05) is 197 Å². The Morgan fingerprint density at radius 3 is 0.271 bits per heavy atom. The van der Waals surface area contributed by atoms with Crippen LogP contribution >= 0.6 is 0 Å². The molecular formula is C102H90N18O9. The van der Waals surface area contributed by atoms with Gasteiger partial charge in [-0.05, 0) is 211 Å². The van der Waals surface area contributed by atoms with E-state index in [0.29, 0.717) is 102 Å². The maximum atomic E-state index is 6.84. The van der Waals surface area contributed by atoms with E-state index in [0.717, 1.165) is 66.8 Å². The number of aromatic nitrogens is 18. The third-order valence-corrected chi connectivity index (χ3v) is 22.5. The molecule has 0 spiro atoms. The van der Waals surface area contributed by atoms with Crippen molar-refractivity contribution in [2.24, 2.45) is 0 Å². The molecule has 9 heterocycles. The number of benzene rings is 10. The van der Waals surface area contributed by atoms with Crippen LogP contribution in [0.5, 0.6) is 0 Å². The van der Waals surface area contributed by atoms with E-state index in [1.165, 1.54) is 0 Å². The monoisotopic (exact) mass is 1710 g/mol. The van der Waals surface area contributed by atoms with E-state index >= 15 is 0 Å². The highest BCUT2D eigenvalue weighted by atomic mass is 16.4. The first-order valence-corrected chi connectivity index (χ1v) is 42.4. The molecular weight excluding hydrogens is 1620 g/mol. The third-order valence-electron chi connectivity index (χ3n) is 22.5. The maximum absolute atomic E-state index is 6.84. The average molecular weight is 1710 g/mol. The van der Waals surface area contributed by atoms with Crippen molar-refractivity contribution in [3.8, 4) is 206 Å². The highest BCUT2D eigenvalue weighted by Crippen LogP contribution is 2.44. The Balaban J connectivity index is 0.732. The van der Waals surface area contributed by atoms with E-state index < -0.39 is 0 Å². The van der Waals surface area contributed by atoms with E-state index in [4.69, 9.17) is 70.3 Å². The van der Waals surface area contributed by atoms with Crippen LogP contribution in [0.2, 0.25) is 0 Å². The summed E-state index contributed by atoms with van der Waals surface area (Å²) in [6.07, 6.45) is 0. The van der Waals surface area contributed by atoms with Crippen LogP contribution in [0.3, 0.4) is 0 Å². The maximum Gasteiger partial charge on any atom is 0.248 e. The van der Waals surface area contributed by atoms with Gasteiger partial charge in [-0.25, -0.2) is 0 Å². The predicted octanol–water partition coefficient (Wildman–Crippen LogP) is 24.9. The van der Waals surface area contributed by atoms with Gasteiger partial charge in [0.2, 0.25) is 106 Å². The minimum atomic E-state index is -0.0794. The van der Waals surface area contributed by atoms with E-state index in [-0.39, 0.29) is 103 Å². The summed E-state index contributed by atoms with van der Waals surface area (Å²) >= 11 is 0. The summed E-state index contributed by atoms with van der Waals surface area (Å²) in [6, 6.07) is 70.0. The molecule has 642 valence electrons. The number of hydrogen-bond donors (Lipinski definition) is 0. The Labute approximate surface area is 742 Å². The summed E-state index contributed by atoms with van der Waals surface area (Å²) in [5, 5.41) is 83.0. The summed E-state index contributed by atoms with van der Waals surface area (Å²) in [5.41, 5.74) is 16.2. The molecule has 0 fully saturated rings. The van der Waals surface area contributed by atoms with Crippen molar-refractivity contribution in [2.75, 3.05) is 0 Å². The zero-order valence-electron chi connectivity index (χ0n) is 74.5. The lowest BCUT2D eigenvalue weighted by atomic mass is 9.87. The van der Waals surface area contributed by atoms with Gasteiger partial charge in [0, 0.05) is 100 Å². The normalized spacial score (nSPS) is 12.4. The van der Waals surface area contributed by atoms with Crippen LogP contribution in [0.1, 0.15) is 158 Å². The Kier molecular flexibility index (Phi) is 20.5. The lowest BCUT2D eigenvalue weighted by Gasteiger charge is -2.18. The molecule has 19 rings (SSSR count). The quantitative estimate of drug-likeness (QED) is 0.0770. The molecule has 0 bridgehead atoms. The molecule has 0 amide bonds. The van der Waals surface area contributed by atoms with Crippen LogP contribution < -0.4 is 0 Å². The number of rotatable bonds is 18. The Bertz CT molecular complexity index is 6300. The lowest BCUT2D eigenvalue weighted by Crippen LogP contribution is -2.10. The van der Waals surface area contributed by atoms with Gasteiger partial charge in [-0.3, -0.25) is 0 Å². The second kappa shape index (κ2) is 31.8. The SMILES string of the molecule is CC(C)(C)c1ccc(-c2nnc(-c3cc(-c4nnc(-c5ccc(C(C)(C)C)cc5)o4)cc(-c4nnc(-c5cc(-c6nnc(-c7cc(-c8nnc(-c9ccc(C(C)(C)C)cc9)o8)cc(-c8nnc(-c9ccc(C(C)(C)C)cc9)o8)c7)o6)cc(-c6nnc(-c7cc(-c8nnc(-c9ccc(C(C)(C)C)cc9)o8)cc(-c8nnc(-c9ccc(C(C)(C)C)cc9)o8)c7)o6)c5)o4)c3)o2)cc1. The van der Waals surface area contributed by atoms with Crippen molar-refractivity contribution >= 4 is 0 Å². The fourth-order valence-electron chi connectivity index (χ4n) is 14.8. The Morgan fingerprint density at radius 2 is 0.194 bits per heavy atom. The summed E-state index contributed by atoms with van der Waals surface area (Å²) < 4.78 is 59.5. The zero-order valence-corrected chi connectivity index (χ0v) is 74.5. The highest BCUT2D eigenvalue weighted by molar-refractivity contribution is 5.81.